The minimum absolute atomic E-state index is 0.550. The molecule has 1 fully saturated rings. The van der Waals surface area contributed by atoms with Crippen LogP contribution in [-0.4, -0.2) is 31.1 Å². The number of aryl methyl sites for hydroxylation is 2. The molecule has 2 heteroatoms. The predicted octanol–water partition coefficient (Wildman–Crippen LogP) is 3.45. The average molecular weight is 246 g/mol. The summed E-state index contributed by atoms with van der Waals surface area (Å²) in [5.74, 6) is 0.768. The maximum atomic E-state index is 3.70. The molecule has 0 radical (unpaired) electrons. The number of anilines is 1. The largest absolute Gasteiger partial charge is 0.382 e. The fourth-order valence-corrected chi connectivity index (χ4v) is 2.95. The number of hydrogen-bond acceptors (Lipinski definition) is 2. The molecule has 0 aliphatic carbocycles. The molecule has 0 amide bonds. The fraction of sp³-hybridized carbons (Fsp3) is 0.625. The molecule has 1 saturated heterocycles. The smallest absolute Gasteiger partial charge is 0.0372 e. The van der Waals surface area contributed by atoms with E-state index in [1.54, 1.807) is 0 Å². The van der Waals surface area contributed by atoms with Crippen LogP contribution in [0.5, 0.6) is 0 Å². The highest BCUT2D eigenvalue weighted by Gasteiger charge is 2.22. The first-order valence-electron chi connectivity index (χ1n) is 7.08. The maximum Gasteiger partial charge on any atom is 0.0372 e. The van der Waals surface area contributed by atoms with Gasteiger partial charge in [0.1, 0.15) is 0 Å². The summed E-state index contributed by atoms with van der Waals surface area (Å²) in [5, 5.41) is 3.70. The molecule has 1 aromatic rings. The highest BCUT2D eigenvalue weighted by molar-refractivity contribution is 5.52. The molecule has 0 saturated carbocycles. The van der Waals surface area contributed by atoms with E-state index in [4.69, 9.17) is 0 Å². The molecule has 2 unspecified atom stereocenters. The second-order valence-electron chi connectivity index (χ2n) is 5.92. The van der Waals surface area contributed by atoms with Crippen LogP contribution in [0.1, 0.15) is 30.9 Å². The standard InChI is InChI=1S/C16H26N2/c1-12-7-8-16(13(2)10-12)17-14(3)15-6-5-9-18(4)11-15/h7-8,10,14-15,17H,5-6,9,11H2,1-4H3. The highest BCUT2D eigenvalue weighted by atomic mass is 15.1. The van der Waals surface area contributed by atoms with Gasteiger partial charge in [0, 0.05) is 18.3 Å². The van der Waals surface area contributed by atoms with Gasteiger partial charge in [-0.15, -0.1) is 0 Å². The minimum atomic E-state index is 0.550. The summed E-state index contributed by atoms with van der Waals surface area (Å²) < 4.78 is 0. The van der Waals surface area contributed by atoms with Crippen LogP contribution in [0.4, 0.5) is 5.69 Å². The molecule has 2 atom stereocenters. The van der Waals surface area contributed by atoms with Gasteiger partial charge < -0.3 is 10.2 Å². The minimum Gasteiger partial charge on any atom is -0.382 e. The van der Waals surface area contributed by atoms with Crippen molar-refractivity contribution in [1.82, 2.24) is 4.90 Å². The van der Waals surface area contributed by atoms with Gasteiger partial charge in [0.05, 0.1) is 0 Å². The molecule has 2 rings (SSSR count). The lowest BCUT2D eigenvalue weighted by Crippen LogP contribution is -2.39. The zero-order valence-electron chi connectivity index (χ0n) is 12.2. The molecule has 1 heterocycles. The summed E-state index contributed by atoms with van der Waals surface area (Å²) in [5.41, 5.74) is 3.98. The van der Waals surface area contributed by atoms with Crippen LogP contribution in [0.15, 0.2) is 18.2 Å². The summed E-state index contributed by atoms with van der Waals surface area (Å²) in [6.07, 6.45) is 2.68. The van der Waals surface area contributed by atoms with Gasteiger partial charge in [-0.2, -0.15) is 0 Å². The Balaban J connectivity index is 1.99. The predicted molar refractivity (Wildman–Crippen MR) is 79.2 cm³/mol. The summed E-state index contributed by atoms with van der Waals surface area (Å²) in [4.78, 5) is 2.45. The number of rotatable bonds is 3. The second-order valence-corrected chi connectivity index (χ2v) is 5.92. The molecule has 1 aromatic carbocycles. The van der Waals surface area contributed by atoms with Crippen molar-refractivity contribution in [2.24, 2.45) is 5.92 Å². The van der Waals surface area contributed by atoms with Crippen molar-refractivity contribution in [2.45, 2.75) is 39.7 Å². The first-order chi connectivity index (χ1) is 8.56. The quantitative estimate of drug-likeness (QED) is 0.879. The molecule has 0 bridgehead atoms. The SMILES string of the molecule is Cc1ccc(NC(C)C2CCCN(C)C2)c(C)c1. The molecular formula is C16H26N2. The Morgan fingerprint density at radius 2 is 2.11 bits per heavy atom. The zero-order chi connectivity index (χ0) is 13.1. The Kier molecular flexibility index (Phi) is 4.28. The number of benzene rings is 1. The molecule has 18 heavy (non-hydrogen) atoms. The summed E-state index contributed by atoms with van der Waals surface area (Å²) in [6, 6.07) is 7.21. The van der Waals surface area contributed by atoms with E-state index in [9.17, 15) is 0 Å². The number of nitrogens with zero attached hydrogens (tertiary/aromatic N) is 1. The van der Waals surface area contributed by atoms with E-state index in [2.05, 4.69) is 56.2 Å². The third-order valence-electron chi connectivity index (χ3n) is 4.13. The molecule has 1 aliphatic heterocycles. The van der Waals surface area contributed by atoms with E-state index < -0.39 is 0 Å². The first kappa shape index (κ1) is 13.4. The van der Waals surface area contributed by atoms with Crippen LogP contribution in [-0.2, 0) is 0 Å². The molecule has 2 nitrogen and oxygen atoms in total. The van der Waals surface area contributed by atoms with E-state index in [-0.39, 0.29) is 0 Å². The lowest BCUT2D eigenvalue weighted by molar-refractivity contribution is 0.197. The Bertz CT molecular complexity index is 400. The lowest BCUT2D eigenvalue weighted by Gasteiger charge is -2.34. The lowest BCUT2D eigenvalue weighted by atomic mass is 9.91. The maximum absolute atomic E-state index is 3.70. The van der Waals surface area contributed by atoms with Gasteiger partial charge in [0.25, 0.3) is 0 Å². The monoisotopic (exact) mass is 246 g/mol. The zero-order valence-corrected chi connectivity index (χ0v) is 12.2. The highest BCUT2D eigenvalue weighted by Crippen LogP contribution is 2.23. The Hall–Kier alpha value is -1.02. The number of likely N-dealkylation sites (tertiary alicyclic amines) is 1. The van der Waals surface area contributed by atoms with Crippen molar-refractivity contribution in [3.05, 3.63) is 29.3 Å². The van der Waals surface area contributed by atoms with E-state index >= 15 is 0 Å². The van der Waals surface area contributed by atoms with Crippen molar-refractivity contribution in [3.8, 4) is 0 Å². The number of nitrogens with one attached hydrogen (secondary N) is 1. The summed E-state index contributed by atoms with van der Waals surface area (Å²) in [6.45, 7) is 9.14. The van der Waals surface area contributed by atoms with Crippen molar-refractivity contribution in [2.75, 3.05) is 25.5 Å². The van der Waals surface area contributed by atoms with Gasteiger partial charge in [-0.25, -0.2) is 0 Å². The van der Waals surface area contributed by atoms with Gasteiger partial charge in [-0.3, -0.25) is 0 Å². The molecule has 0 spiro atoms. The van der Waals surface area contributed by atoms with Crippen LogP contribution in [0.25, 0.3) is 0 Å². The van der Waals surface area contributed by atoms with E-state index in [1.807, 2.05) is 0 Å². The molecular weight excluding hydrogens is 220 g/mol. The second kappa shape index (κ2) is 5.75. The van der Waals surface area contributed by atoms with Gasteiger partial charge in [0.15, 0.2) is 0 Å². The molecule has 1 aliphatic rings. The van der Waals surface area contributed by atoms with Crippen molar-refractivity contribution in [3.63, 3.8) is 0 Å². The van der Waals surface area contributed by atoms with Gasteiger partial charge in [-0.05, 0) is 64.8 Å². The van der Waals surface area contributed by atoms with Gasteiger partial charge >= 0.3 is 0 Å². The van der Waals surface area contributed by atoms with Crippen LogP contribution < -0.4 is 5.32 Å². The van der Waals surface area contributed by atoms with Gasteiger partial charge in [-0.1, -0.05) is 17.7 Å². The summed E-state index contributed by atoms with van der Waals surface area (Å²) >= 11 is 0. The third-order valence-corrected chi connectivity index (χ3v) is 4.13. The topological polar surface area (TPSA) is 15.3 Å². The number of hydrogen-bond donors (Lipinski definition) is 1. The van der Waals surface area contributed by atoms with Crippen molar-refractivity contribution in [1.29, 1.82) is 0 Å². The molecule has 0 aromatic heterocycles. The van der Waals surface area contributed by atoms with Crippen molar-refractivity contribution >= 4 is 5.69 Å². The fourth-order valence-electron chi connectivity index (χ4n) is 2.95. The molecule has 100 valence electrons. The summed E-state index contributed by atoms with van der Waals surface area (Å²) in [7, 11) is 2.23. The Labute approximate surface area is 111 Å². The Morgan fingerprint density at radius 1 is 1.33 bits per heavy atom. The van der Waals surface area contributed by atoms with Crippen LogP contribution >= 0.6 is 0 Å². The number of piperidine rings is 1. The van der Waals surface area contributed by atoms with Crippen LogP contribution in [0, 0.1) is 19.8 Å². The van der Waals surface area contributed by atoms with Gasteiger partial charge in [0.2, 0.25) is 0 Å². The van der Waals surface area contributed by atoms with E-state index in [0.717, 1.165) is 5.92 Å². The third kappa shape index (κ3) is 3.26. The van der Waals surface area contributed by atoms with Crippen molar-refractivity contribution < 1.29 is 0 Å². The Morgan fingerprint density at radius 3 is 2.78 bits per heavy atom. The average Bonchev–Trinajstić information content (AvgIpc) is 2.32. The van der Waals surface area contributed by atoms with Crippen LogP contribution in [0.3, 0.4) is 0 Å². The molecule has 1 N–H and O–H groups in total. The van der Waals surface area contributed by atoms with E-state index in [1.165, 1.54) is 42.7 Å². The van der Waals surface area contributed by atoms with E-state index in [0.29, 0.717) is 6.04 Å². The van der Waals surface area contributed by atoms with Crippen LogP contribution in [0.2, 0.25) is 0 Å². The first-order valence-corrected chi connectivity index (χ1v) is 7.08. The normalized spacial score (nSPS) is 22.8.